The summed E-state index contributed by atoms with van der Waals surface area (Å²) >= 11 is 0. The number of imide groups is 1. The van der Waals surface area contributed by atoms with Gasteiger partial charge in [-0.15, -0.1) is 0 Å². The number of methoxy groups -OCH3 is 1. The molecule has 0 atom stereocenters. The van der Waals surface area contributed by atoms with Gasteiger partial charge in [0.2, 0.25) is 0 Å². The van der Waals surface area contributed by atoms with Gasteiger partial charge in [-0.2, -0.15) is 0 Å². The first kappa shape index (κ1) is 23.1. The van der Waals surface area contributed by atoms with Crippen molar-refractivity contribution in [3.63, 3.8) is 0 Å². The van der Waals surface area contributed by atoms with Gasteiger partial charge in [-0.05, 0) is 61.9 Å². The fourth-order valence-electron chi connectivity index (χ4n) is 4.67. The molecule has 2 aromatic rings. The van der Waals surface area contributed by atoms with Crippen LogP contribution in [0.1, 0.15) is 43.7 Å². The summed E-state index contributed by atoms with van der Waals surface area (Å²) in [6.07, 6.45) is 3.38. The molecular weight excluding hydrogens is 418 g/mol. The summed E-state index contributed by atoms with van der Waals surface area (Å²) in [6.45, 7) is 3.47. The molecule has 1 heterocycles. The Hall–Kier alpha value is -3.06. The van der Waals surface area contributed by atoms with Gasteiger partial charge in [-0.25, -0.2) is 9.69 Å². The number of nitrogens with one attached hydrogen (secondary N) is 1. The Balaban J connectivity index is 1.36. The number of ether oxygens (including phenoxy) is 2. The molecule has 4 rings (SSSR count). The summed E-state index contributed by atoms with van der Waals surface area (Å²) in [5.74, 6) is 1.84. The van der Waals surface area contributed by atoms with Gasteiger partial charge in [0.1, 0.15) is 12.1 Å². The number of benzene rings is 2. The molecule has 1 aliphatic carbocycles. The van der Waals surface area contributed by atoms with Gasteiger partial charge in [0, 0.05) is 6.54 Å². The first-order chi connectivity index (χ1) is 15.9. The van der Waals surface area contributed by atoms with Crippen molar-refractivity contribution in [2.75, 3.05) is 20.8 Å². The molecule has 0 bridgehead atoms. The van der Waals surface area contributed by atoms with Crippen LogP contribution in [0.4, 0.5) is 4.79 Å². The fraction of sp³-hybridized carbons (Fsp3) is 0.462. The molecule has 7 nitrogen and oxygen atoms in total. The Kier molecular flexibility index (Phi) is 6.88. The molecule has 33 heavy (non-hydrogen) atoms. The predicted octanol–water partition coefficient (Wildman–Crippen LogP) is 4.16. The van der Waals surface area contributed by atoms with Gasteiger partial charge in [-0.3, -0.25) is 9.69 Å². The normalized spacial score (nSPS) is 22.7. The Bertz CT molecular complexity index is 986. The lowest BCUT2D eigenvalue weighted by atomic mass is 9.77. The van der Waals surface area contributed by atoms with E-state index in [1.807, 2.05) is 60.5 Å². The lowest BCUT2D eigenvalue weighted by molar-refractivity contribution is -0.134. The third kappa shape index (κ3) is 5.14. The summed E-state index contributed by atoms with van der Waals surface area (Å²) < 4.78 is 11.5. The number of hydrogen-bond acceptors (Lipinski definition) is 5. The van der Waals surface area contributed by atoms with Crippen molar-refractivity contribution >= 4 is 11.9 Å². The van der Waals surface area contributed by atoms with E-state index in [1.54, 1.807) is 7.11 Å². The van der Waals surface area contributed by atoms with Crippen LogP contribution in [0.3, 0.4) is 0 Å². The Labute approximate surface area is 195 Å². The van der Waals surface area contributed by atoms with Crippen molar-refractivity contribution in [1.29, 1.82) is 0 Å². The average Bonchev–Trinajstić information content (AvgIpc) is 3.04. The summed E-state index contributed by atoms with van der Waals surface area (Å²) in [6, 6.07) is 15.5. The van der Waals surface area contributed by atoms with Crippen molar-refractivity contribution in [3.05, 3.63) is 59.7 Å². The van der Waals surface area contributed by atoms with E-state index in [1.165, 1.54) is 4.90 Å². The SMILES string of the molecule is COc1cc(CN(C)CN2C(=O)NC3(CCC(C)CC3)C2=O)ccc1OCc1ccccc1. The maximum absolute atomic E-state index is 13.1. The maximum atomic E-state index is 13.1. The molecule has 7 heteroatoms. The van der Waals surface area contributed by atoms with E-state index in [0.717, 1.165) is 36.8 Å². The number of urea groups is 1. The summed E-state index contributed by atoms with van der Waals surface area (Å²) in [7, 11) is 3.52. The molecule has 0 aromatic heterocycles. The van der Waals surface area contributed by atoms with Crippen LogP contribution in [-0.2, 0) is 17.9 Å². The van der Waals surface area contributed by atoms with Crippen LogP contribution < -0.4 is 14.8 Å². The molecular formula is C26H33N3O4. The van der Waals surface area contributed by atoms with Crippen LogP contribution >= 0.6 is 0 Å². The molecule has 0 unspecified atom stereocenters. The zero-order valence-corrected chi connectivity index (χ0v) is 19.7. The Morgan fingerprint density at radius 2 is 1.79 bits per heavy atom. The van der Waals surface area contributed by atoms with E-state index in [2.05, 4.69) is 12.2 Å². The van der Waals surface area contributed by atoms with Gasteiger partial charge in [0.05, 0.1) is 13.8 Å². The lowest BCUT2D eigenvalue weighted by Gasteiger charge is -2.33. The first-order valence-electron chi connectivity index (χ1n) is 11.6. The third-order valence-corrected chi connectivity index (χ3v) is 6.67. The minimum atomic E-state index is -0.703. The maximum Gasteiger partial charge on any atom is 0.326 e. The number of amides is 3. The van der Waals surface area contributed by atoms with Gasteiger partial charge in [-0.1, -0.05) is 43.3 Å². The van der Waals surface area contributed by atoms with Crippen LogP contribution in [-0.4, -0.2) is 48.1 Å². The molecule has 1 saturated carbocycles. The van der Waals surface area contributed by atoms with Crippen LogP contribution in [0.2, 0.25) is 0 Å². The molecule has 2 aliphatic rings. The van der Waals surface area contributed by atoms with Crippen molar-refractivity contribution in [3.8, 4) is 11.5 Å². The number of rotatable bonds is 8. The molecule has 1 aliphatic heterocycles. The topological polar surface area (TPSA) is 71.1 Å². The Morgan fingerprint density at radius 3 is 2.48 bits per heavy atom. The molecule has 1 N–H and O–H groups in total. The predicted molar refractivity (Wildman–Crippen MR) is 126 cm³/mol. The van der Waals surface area contributed by atoms with Crippen LogP contribution in [0.25, 0.3) is 0 Å². The van der Waals surface area contributed by atoms with Crippen molar-refractivity contribution in [2.45, 2.75) is 51.3 Å². The van der Waals surface area contributed by atoms with Crippen molar-refractivity contribution < 1.29 is 19.1 Å². The zero-order chi connectivity index (χ0) is 23.4. The highest BCUT2D eigenvalue weighted by Gasteiger charge is 2.52. The van der Waals surface area contributed by atoms with E-state index in [0.29, 0.717) is 30.6 Å². The second kappa shape index (κ2) is 9.83. The highest BCUT2D eigenvalue weighted by atomic mass is 16.5. The number of carbonyl (C=O) groups excluding carboxylic acids is 2. The van der Waals surface area contributed by atoms with Crippen molar-refractivity contribution in [1.82, 2.24) is 15.1 Å². The van der Waals surface area contributed by atoms with Crippen LogP contribution in [0.5, 0.6) is 11.5 Å². The van der Waals surface area contributed by atoms with E-state index in [9.17, 15) is 9.59 Å². The second-order valence-corrected chi connectivity index (χ2v) is 9.34. The standard InChI is InChI=1S/C26H33N3O4/c1-19-11-13-26(14-12-19)24(30)29(25(31)27-26)18-28(2)16-21-9-10-22(23(15-21)32-3)33-17-20-7-5-4-6-8-20/h4-10,15,19H,11-14,16-18H2,1-3H3,(H,27,31). The van der Waals surface area contributed by atoms with Crippen molar-refractivity contribution in [2.24, 2.45) is 5.92 Å². The minimum absolute atomic E-state index is 0.0894. The minimum Gasteiger partial charge on any atom is -0.493 e. The fourth-order valence-corrected chi connectivity index (χ4v) is 4.67. The Morgan fingerprint density at radius 1 is 1.06 bits per heavy atom. The summed E-state index contributed by atoms with van der Waals surface area (Å²) in [5.41, 5.74) is 1.39. The molecule has 1 saturated heterocycles. The highest BCUT2D eigenvalue weighted by molar-refractivity contribution is 6.07. The summed E-state index contributed by atoms with van der Waals surface area (Å²) in [5, 5.41) is 2.99. The van der Waals surface area contributed by atoms with E-state index in [-0.39, 0.29) is 18.6 Å². The van der Waals surface area contributed by atoms with Crippen LogP contribution in [0, 0.1) is 5.92 Å². The van der Waals surface area contributed by atoms with Gasteiger partial charge in [0.15, 0.2) is 11.5 Å². The third-order valence-electron chi connectivity index (χ3n) is 6.67. The van der Waals surface area contributed by atoms with Crippen LogP contribution in [0.15, 0.2) is 48.5 Å². The summed E-state index contributed by atoms with van der Waals surface area (Å²) in [4.78, 5) is 29.0. The molecule has 1 spiro atoms. The smallest absolute Gasteiger partial charge is 0.326 e. The molecule has 2 fully saturated rings. The molecule has 2 aromatic carbocycles. The number of nitrogens with zero attached hydrogens (tertiary/aromatic N) is 2. The monoisotopic (exact) mass is 451 g/mol. The van der Waals surface area contributed by atoms with Gasteiger partial charge < -0.3 is 14.8 Å². The van der Waals surface area contributed by atoms with Gasteiger partial charge in [0.25, 0.3) is 5.91 Å². The average molecular weight is 452 g/mol. The zero-order valence-electron chi connectivity index (χ0n) is 19.7. The van der Waals surface area contributed by atoms with E-state index >= 15 is 0 Å². The highest BCUT2D eigenvalue weighted by Crippen LogP contribution is 2.36. The quantitative estimate of drug-likeness (QED) is 0.610. The largest absolute Gasteiger partial charge is 0.493 e. The van der Waals surface area contributed by atoms with E-state index < -0.39 is 5.54 Å². The molecule has 3 amide bonds. The number of carbonyl (C=O) groups is 2. The van der Waals surface area contributed by atoms with Gasteiger partial charge >= 0.3 is 6.03 Å². The van der Waals surface area contributed by atoms with E-state index in [4.69, 9.17) is 9.47 Å². The molecule has 176 valence electrons. The lowest BCUT2D eigenvalue weighted by Crippen LogP contribution is -2.49. The first-order valence-corrected chi connectivity index (χ1v) is 11.6. The molecule has 0 radical (unpaired) electrons. The number of hydrogen-bond donors (Lipinski definition) is 1. The second-order valence-electron chi connectivity index (χ2n) is 9.34.